The van der Waals surface area contributed by atoms with Gasteiger partial charge in [-0.15, -0.1) is 0 Å². The van der Waals surface area contributed by atoms with Crippen molar-refractivity contribution in [1.29, 1.82) is 0 Å². The van der Waals surface area contributed by atoms with E-state index in [-0.39, 0.29) is 0 Å². The molecule has 0 fully saturated rings. The molecule has 0 aliphatic heterocycles. The minimum absolute atomic E-state index is 0.415. The molecule has 198 valence electrons. The lowest BCUT2D eigenvalue weighted by atomic mass is 9.68. The molecule has 0 atom stereocenters. The molecule has 0 aromatic heterocycles. The molecule has 6 aromatic carbocycles. The Kier molecular flexibility index (Phi) is 6.58. The van der Waals surface area contributed by atoms with Crippen LogP contribution in [-0.4, -0.2) is 0 Å². The average Bonchev–Trinajstić information content (AvgIpc) is 3.32. The molecule has 1 aliphatic carbocycles. The van der Waals surface area contributed by atoms with Crippen LogP contribution in [0.4, 0.5) is 11.4 Å². The smallest absolute Gasteiger partial charge is 0.0713 e. The Hall–Kier alpha value is -4.38. The van der Waals surface area contributed by atoms with Crippen molar-refractivity contribution in [3.05, 3.63) is 168 Å². The Labute approximate surface area is 249 Å². The molecule has 4 heteroatoms. The van der Waals surface area contributed by atoms with Gasteiger partial charge < -0.3 is 11.5 Å². The molecule has 0 bridgehead atoms. The summed E-state index contributed by atoms with van der Waals surface area (Å²) in [6.07, 6.45) is 0. The fraction of sp³-hybridized carbons (Fsp3) is 0.0270. The van der Waals surface area contributed by atoms with Gasteiger partial charge in [-0.05, 0) is 106 Å². The van der Waals surface area contributed by atoms with Gasteiger partial charge in [0, 0.05) is 31.0 Å². The Morgan fingerprint density at radius 3 is 1.05 bits per heavy atom. The molecule has 0 saturated carbocycles. The number of benzene rings is 6. The highest BCUT2D eigenvalue weighted by Gasteiger charge is 2.45. The molecule has 0 saturated heterocycles. The summed E-state index contributed by atoms with van der Waals surface area (Å²) in [5.74, 6) is 0. The predicted molar refractivity (Wildman–Crippen MR) is 174 cm³/mol. The first-order valence-electron chi connectivity index (χ1n) is 13.6. The van der Waals surface area contributed by atoms with E-state index in [0.29, 0.717) is 0 Å². The van der Waals surface area contributed by atoms with Crippen LogP contribution in [0, 0.1) is 0 Å². The Morgan fingerprint density at radius 2 is 0.683 bits per heavy atom. The van der Waals surface area contributed by atoms with Gasteiger partial charge in [0.15, 0.2) is 0 Å². The number of hydrogen-bond acceptors (Lipinski definition) is 4. The van der Waals surface area contributed by atoms with Gasteiger partial charge in [-0.2, -0.15) is 0 Å². The highest BCUT2D eigenvalue weighted by Crippen LogP contribution is 2.56. The van der Waals surface area contributed by atoms with Crippen LogP contribution in [0.25, 0.3) is 11.1 Å². The van der Waals surface area contributed by atoms with E-state index >= 15 is 0 Å². The Morgan fingerprint density at radius 1 is 0.366 bits per heavy atom. The van der Waals surface area contributed by atoms with Crippen LogP contribution >= 0.6 is 23.5 Å². The fourth-order valence-electron chi connectivity index (χ4n) is 5.91. The van der Waals surface area contributed by atoms with Gasteiger partial charge in [0.2, 0.25) is 0 Å². The summed E-state index contributed by atoms with van der Waals surface area (Å²) in [4.78, 5) is 4.74. The monoisotopic (exact) mass is 564 g/mol. The third kappa shape index (κ3) is 4.59. The minimum atomic E-state index is -0.415. The Bertz CT molecular complexity index is 1690. The lowest BCUT2D eigenvalue weighted by molar-refractivity contribution is 0.766. The van der Waals surface area contributed by atoms with Gasteiger partial charge in [0.05, 0.1) is 5.41 Å². The second-order valence-electron chi connectivity index (χ2n) is 10.2. The topological polar surface area (TPSA) is 52.0 Å². The van der Waals surface area contributed by atoms with Gasteiger partial charge in [0.25, 0.3) is 0 Å². The van der Waals surface area contributed by atoms with Gasteiger partial charge in [-0.3, -0.25) is 0 Å². The van der Waals surface area contributed by atoms with E-state index in [1.165, 1.54) is 53.0 Å². The third-order valence-corrected chi connectivity index (χ3v) is 9.79. The van der Waals surface area contributed by atoms with Crippen molar-refractivity contribution >= 4 is 34.9 Å². The fourth-order valence-corrected chi connectivity index (χ4v) is 7.55. The van der Waals surface area contributed by atoms with E-state index < -0.39 is 5.41 Å². The van der Waals surface area contributed by atoms with Gasteiger partial charge in [0.1, 0.15) is 0 Å². The van der Waals surface area contributed by atoms with E-state index in [2.05, 4.69) is 121 Å². The number of nitrogen functional groups attached to an aromatic ring is 2. The van der Waals surface area contributed by atoms with E-state index in [1.54, 1.807) is 23.5 Å². The zero-order valence-electron chi connectivity index (χ0n) is 22.3. The maximum Gasteiger partial charge on any atom is 0.0713 e. The first kappa shape index (κ1) is 25.6. The zero-order valence-corrected chi connectivity index (χ0v) is 24.0. The number of fused-ring (bicyclic) bond motifs is 3. The molecule has 0 amide bonds. The molecule has 2 nitrogen and oxygen atoms in total. The van der Waals surface area contributed by atoms with E-state index in [1.807, 2.05) is 24.3 Å². The summed E-state index contributed by atoms with van der Waals surface area (Å²) in [6, 6.07) is 52.0. The number of anilines is 2. The molecule has 0 unspecified atom stereocenters. The van der Waals surface area contributed by atoms with Crippen molar-refractivity contribution in [2.75, 3.05) is 11.5 Å². The van der Waals surface area contributed by atoms with Crippen molar-refractivity contribution in [3.63, 3.8) is 0 Å². The van der Waals surface area contributed by atoms with Crippen LogP contribution < -0.4 is 11.5 Å². The van der Waals surface area contributed by atoms with Crippen molar-refractivity contribution in [2.45, 2.75) is 25.0 Å². The maximum absolute atomic E-state index is 5.90. The Balaban J connectivity index is 1.34. The summed E-state index contributed by atoms with van der Waals surface area (Å²) in [5.41, 5.74) is 20.7. The van der Waals surface area contributed by atoms with Crippen molar-refractivity contribution in [1.82, 2.24) is 0 Å². The van der Waals surface area contributed by atoms with Gasteiger partial charge >= 0.3 is 0 Å². The number of nitrogens with two attached hydrogens (primary N) is 2. The molecule has 0 heterocycles. The van der Waals surface area contributed by atoms with Crippen LogP contribution in [0.3, 0.4) is 0 Å². The second kappa shape index (κ2) is 10.5. The molecule has 4 N–H and O–H groups in total. The van der Waals surface area contributed by atoms with Crippen molar-refractivity contribution in [3.8, 4) is 11.1 Å². The normalized spacial score (nSPS) is 13.0. The molecular weight excluding hydrogens is 537 g/mol. The van der Waals surface area contributed by atoms with Gasteiger partial charge in [-0.1, -0.05) is 96.3 Å². The summed E-state index contributed by atoms with van der Waals surface area (Å²) < 4.78 is 0. The SMILES string of the molecule is Nc1ccc(Sc2ccc(C3(c4ccc(Sc5ccc(N)cc5)cc4)c4ccccc4-c4ccccc43)cc2)cc1. The highest BCUT2D eigenvalue weighted by atomic mass is 32.2. The zero-order chi connectivity index (χ0) is 27.8. The van der Waals surface area contributed by atoms with Gasteiger partial charge in [-0.25, -0.2) is 0 Å². The highest BCUT2D eigenvalue weighted by molar-refractivity contribution is 7.99. The van der Waals surface area contributed by atoms with Crippen LogP contribution in [-0.2, 0) is 5.41 Å². The number of hydrogen-bond donors (Lipinski definition) is 2. The molecule has 0 radical (unpaired) electrons. The molecule has 6 aromatic rings. The first-order chi connectivity index (χ1) is 20.1. The molecule has 0 spiro atoms. The van der Waals surface area contributed by atoms with Crippen LogP contribution in [0.5, 0.6) is 0 Å². The average molecular weight is 565 g/mol. The van der Waals surface area contributed by atoms with Crippen LogP contribution in [0.15, 0.2) is 165 Å². The lowest BCUT2D eigenvalue weighted by Gasteiger charge is -2.34. The molecule has 41 heavy (non-hydrogen) atoms. The number of rotatable bonds is 6. The summed E-state index contributed by atoms with van der Waals surface area (Å²) in [5, 5.41) is 0. The first-order valence-corrected chi connectivity index (χ1v) is 15.2. The van der Waals surface area contributed by atoms with E-state index in [0.717, 1.165) is 11.4 Å². The predicted octanol–water partition coefficient (Wildman–Crippen LogP) is 9.52. The van der Waals surface area contributed by atoms with Crippen LogP contribution in [0.2, 0.25) is 0 Å². The summed E-state index contributed by atoms with van der Waals surface area (Å²) >= 11 is 3.50. The standard InChI is InChI=1S/C37H28N2S2/c38-27-13-21-31(22-14-27)40-29-17-9-25(10-18-29)37(35-7-3-1-5-33(35)34-6-2-4-8-36(34)37)26-11-19-30(20-12-26)41-32-23-15-28(39)16-24-32/h1-24H,38-39H2. The maximum atomic E-state index is 5.90. The molecule has 7 rings (SSSR count). The summed E-state index contributed by atoms with van der Waals surface area (Å²) in [6.45, 7) is 0. The minimum Gasteiger partial charge on any atom is -0.399 e. The van der Waals surface area contributed by atoms with Crippen molar-refractivity contribution < 1.29 is 0 Å². The summed E-state index contributed by atoms with van der Waals surface area (Å²) in [7, 11) is 0. The largest absolute Gasteiger partial charge is 0.399 e. The third-order valence-electron chi connectivity index (χ3n) is 7.76. The van der Waals surface area contributed by atoms with E-state index in [9.17, 15) is 0 Å². The van der Waals surface area contributed by atoms with Crippen LogP contribution in [0.1, 0.15) is 22.3 Å². The molecular formula is C37H28N2S2. The van der Waals surface area contributed by atoms with E-state index in [4.69, 9.17) is 11.5 Å². The molecule has 1 aliphatic rings. The quantitative estimate of drug-likeness (QED) is 0.198. The second-order valence-corrected chi connectivity index (χ2v) is 12.5. The lowest BCUT2D eigenvalue weighted by Crippen LogP contribution is -2.28. The van der Waals surface area contributed by atoms with Crippen molar-refractivity contribution in [2.24, 2.45) is 0 Å².